The summed E-state index contributed by atoms with van der Waals surface area (Å²) < 4.78 is 4.99. The summed E-state index contributed by atoms with van der Waals surface area (Å²) in [6, 6.07) is 3.01. The molecule has 1 amide bonds. The van der Waals surface area contributed by atoms with Gasteiger partial charge in [0.05, 0.1) is 11.2 Å². The highest BCUT2D eigenvalue weighted by Crippen LogP contribution is 2.34. The number of furan rings is 1. The van der Waals surface area contributed by atoms with Crippen molar-refractivity contribution < 1.29 is 14.1 Å². The molecular formula is C18H25N7O4. The van der Waals surface area contributed by atoms with Gasteiger partial charge in [0, 0.05) is 17.1 Å². The maximum absolute atomic E-state index is 12.0. The molecule has 0 saturated carbocycles. The molecule has 2 aromatic heterocycles. The Bertz CT molecular complexity index is 880. The number of hydrogen-bond donors (Lipinski definition) is 4. The lowest BCUT2D eigenvalue weighted by Gasteiger charge is -2.46. The number of rotatable bonds is 6. The first-order valence-electron chi connectivity index (χ1n) is 9.21. The zero-order chi connectivity index (χ0) is 21.2. The molecule has 0 radical (unpaired) electrons. The highest BCUT2D eigenvalue weighted by molar-refractivity contribution is 5.92. The van der Waals surface area contributed by atoms with Crippen LogP contribution < -0.4 is 21.5 Å². The van der Waals surface area contributed by atoms with Gasteiger partial charge in [0.25, 0.3) is 0 Å². The minimum absolute atomic E-state index is 0.0274. The molecule has 3 rings (SSSR count). The van der Waals surface area contributed by atoms with Gasteiger partial charge >= 0.3 is 11.6 Å². The number of carbonyl (C=O) groups is 1. The predicted octanol–water partition coefficient (Wildman–Crippen LogP) is 2.46. The standard InChI is InChI=1S/C18H25N7O4/c1-17(2)8-11(9-18(3,4)24-17)21-14-13(25(27)28)15(20-10-19-14)22-23-16(26)12-6-5-7-29-12/h5-7,10-11,24H,8-9H2,1-4H3,(H,23,26)(H2,19,20,21,22). The molecule has 4 N–H and O–H groups in total. The number of aromatic nitrogens is 2. The van der Waals surface area contributed by atoms with E-state index in [1.165, 1.54) is 18.7 Å². The SMILES string of the molecule is CC1(C)CC(Nc2ncnc(NNC(=O)c3ccco3)c2[N+](=O)[O-])CC(C)(C)N1. The molecule has 0 atom stereocenters. The number of carbonyl (C=O) groups excluding carboxylic acids is 1. The van der Waals surface area contributed by atoms with Crippen LogP contribution in [0.4, 0.5) is 17.3 Å². The Morgan fingerprint density at radius 1 is 1.24 bits per heavy atom. The average Bonchev–Trinajstić information content (AvgIpc) is 3.11. The molecule has 29 heavy (non-hydrogen) atoms. The third kappa shape index (κ3) is 4.99. The first-order valence-corrected chi connectivity index (χ1v) is 9.21. The average molecular weight is 403 g/mol. The first kappa shape index (κ1) is 20.5. The quantitative estimate of drug-likeness (QED) is 0.421. The molecule has 2 aromatic rings. The van der Waals surface area contributed by atoms with E-state index in [2.05, 4.69) is 59.1 Å². The largest absolute Gasteiger partial charge is 0.459 e. The lowest BCUT2D eigenvalue weighted by molar-refractivity contribution is -0.383. The molecule has 1 saturated heterocycles. The van der Waals surface area contributed by atoms with E-state index in [9.17, 15) is 14.9 Å². The van der Waals surface area contributed by atoms with Crippen molar-refractivity contribution in [2.45, 2.75) is 57.7 Å². The topological polar surface area (TPSA) is 147 Å². The summed E-state index contributed by atoms with van der Waals surface area (Å²) in [6.45, 7) is 8.37. The fourth-order valence-electron chi connectivity index (χ4n) is 3.95. The van der Waals surface area contributed by atoms with Gasteiger partial charge in [-0.3, -0.25) is 25.8 Å². The second-order valence-corrected chi connectivity index (χ2v) is 8.38. The van der Waals surface area contributed by atoms with Crippen molar-refractivity contribution in [1.82, 2.24) is 20.7 Å². The van der Waals surface area contributed by atoms with Gasteiger partial charge in [-0.1, -0.05) is 0 Å². The highest BCUT2D eigenvalue weighted by atomic mass is 16.6. The summed E-state index contributed by atoms with van der Waals surface area (Å²) in [6.07, 6.45) is 4.07. The molecule has 11 heteroatoms. The molecule has 156 valence electrons. The normalized spacial score (nSPS) is 18.1. The van der Waals surface area contributed by atoms with Gasteiger partial charge in [-0.2, -0.15) is 0 Å². The fourth-order valence-corrected chi connectivity index (χ4v) is 3.95. The second kappa shape index (κ2) is 7.66. The van der Waals surface area contributed by atoms with Crippen LogP contribution in [0.1, 0.15) is 51.1 Å². The lowest BCUT2D eigenvalue weighted by Crippen LogP contribution is -2.60. The molecule has 1 aliphatic heterocycles. The maximum Gasteiger partial charge on any atom is 0.354 e. The molecule has 0 aromatic carbocycles. The van der Waals surface area contributed by atoms with Gasteiger partial charge in [0.15, 0.2) is 5.76 Å². The molecule has 0 bridgehead atoms. The Morgan fingerprint density at radius 3 is 2.48 bits per heavy atom. The van der Waals surface area contributed by atoms with Crippen LogP contribution in [0, 0.1) is 10.1 Å². The van der Waals surface area contributed by atoms with Gasteiger partial charge in [0.1, 0.15) is 6.33 Å². The Kier molecular flexibility index (Phi) is 5.42. The van der Waals surface area contributed by atoms with Crippen molar-refractivity contribution in [3.05, 3.63) is 40.6 Å². The lowest BCUT2D eigenvalue weighted by atomic mass is 9.79. The predicted molar refractivity (Wildman–Crippen MR) is 106 cm³/mol. The number of nitrogens with zero attached hydrogens (tertiary/aromatic N) is 3. The summed E-state index contributed by atoms with van der Waals surface area (Å²) in [5, 5.41) is 18.5. The highest BCUT2D eigenvalue weighted by Gasteiger charge is 2.38. The first-order chi connectivity index (χ1) is 13.6. The minimum Gasteiger partial charge on any atom is -0.459 e. The van der Waals surface area contributed by atoms with Gasteiger partial charge < -0.3 is 15.1 Å². The van der Waals surface area contributed by atoms with Crippen molar-refractivity contribution in [3.63, 3.8) is 0 Å². The fraction of sp³-hybridized carbons (Fsp3) is 0.500. The Balaban J connectivity index is 1.80. The monoisotopic (exact) mass is 403 g/mol. The van der Waals surface area contributed by atoms with Gasteiger partial charge in [-0.25, -0.2) is 9.97 Å². The summed E-state index contributed by atoms with van der Waals surface area (Å²) in [5.41, 5.74) is 4.20. The summed E-state index contributed by atoms with van der Waals surface area (Å²) >= 11 is 0. The molecule has 0 spiro atoms. The van der Waals surface area contributed by atoms with Gasteiger partial charge in [0.2, 0.25) is 11.6 Å². The Morgan fingerprint density at radius 2 is 1.90 bits per heavy atom. The molecule has 0 aliphatic carbocycles. The van der Waals surface area contributed by atoms with Crippen molar-refractivity contribution >= 4 is 23.2 Å². The van der Waals surface area contributed by atoms with Crippen LogP contribution in [0.2, 0.25) is 0 Å². The zero-order valence-electron chi connectivity index (χ0n) is 16.8. The van der Waals surface area contributed by atoms with Crippen LogP contribution in [0.5, 0.6) is 0 Å². The van der Waals surface area contributed by atoms with E-state index in [1.54, 1.807) is 6.07 Å². The smallest absolute Gasteiger partial charge is 0.354 e. The molecular weight excluding hydrogens is 378 g/mol. The van der Waals surface area contributed by atoms with E-state index in [4.69, 9.17) is 4.42 Å². The molecule has 3 heterocycles. The van der Waals surface area contributed by atoms with Crippen LogP contribution in [-0.4, -0.2) is 37.9 Å². The number of piperidine rings is 1. The van der Waals surface area contributed by atoms with Crippen LogP contribution in [0.3, 0.4) is 0 Å². The summed E-state index contributed by atoms with van der Waals surface area (Å²) in [4.78, 5) is 31.1. The third-order valence-corrected chi connectivity index (χ3v) is 4.58. The number of nitro groups is 1. The Hall–Kier alpha value is -3.21. The summed E-state index contributed by atoms with van der Waals surface area (Å²) in [7, 11) is 0. The van der Waals surface area contributed by atoms with Crippen LogP contribution in [0.15, 0.2) is 29.1 Å². The van der Waals surface area contributed by atoms with Gasteiger partial charge in [-0.15, -0.1) is 0 Å². The Labute approximate surface area is 167 Å². The maximum atomic E-state index is 12.0. The van der Waals surface area contributed by atoms with Crippen molar-refractivity contribution in [3.8, 4) is 0 Å². The van der Waals surface area contributed by atoms with Crippen molar-refractivity contribution in [2.75, 3.05) is 10.7 Å². The van der Waals surface area contributed by atoms with Gasteiger partial charge in [-0.05, 0) is 52.7 Å². The number of hydrogen-bond acceptors (Lipinski definition) is 9. The molecule has 1 aliphatic rings. The van der Waals surface area contributed by atoms with Crippen molar-refractivity contribution in [1.29, 1.82) is 0 Å². The number of hydrazine groups is 1. The van der Waals surface area contributed by atoms with Crippen LogP contribution in [-0.2, 0) is 0 Å². The van der Waals surface area contributed by atoms with E-state index in [1.807, 2.05) is 0 Å². The minimum atomic E-state index is -0.584. The third-order valence-electron chi connectivity index (χ3n) is 4.58. The van der Waals surface area contributed by atoms with Crippen molar-refractivity contribution in [2.24, 2.45) is 0 Å². The van der Waals surface area contributed by atoms with E-state index < -0.39 is 10.8 Å². The number of amides is 1. The molecule has 0 unspecified atom stereocenters. The number of nitrogens with one attached hydrogen (secondary N) is 4. The zero-order valence-corrected chi connectivity index (χ0v) is 16.8. The molecule has 1 fully saturated rings. The van der Waals surface area contributed by atoms with E-state index >= 15 is 0 Å². The second-order valence-electron chi connectivity index (χ2n) is 8.38. The van der Waals surface area contributed by atoms with Crippen LogP contribution in [0.25, 0.3) is 0 Å². The van der Waals surface area contributed by atoms with E-state index in [0.29, 0.717) is 0 Å². The van der Waals surface area contributed by atoms with E-state index in [-0.39, 0.29) is 40.2 Å². The molecule has 11 nitrogen and oxygen atoms in total. The van der Waals surface area contributed by atoms with Crippen LogP contribution >= 0.6 is 0 Å². The number of anilines is 2. The van der Waals surface area contributed by atoms with E-state index in [0.717, 1.165) is 12.8 Å². The summed E-state index contributed by atoms with van der Waals surface area (Å²) in [5.74, 6) is -0.552.